The molecule has 0 aromatic carbocycles. The normalized spacial score (nSPS) is 12.2. The fourth-order valence-corrected chi connectivity index (χ4v) is 2.89. The molecule has 0 unspecified atom stereocenters. The maximum Gasteiger partial charge on any atom is 0.451 e. The molecule has 132 valence electrons. The van der Waals surface area contributed by atoms with E-state index in [1.165, 1.54) is 12.5 Å². The second-order valence-electron chi connectivity index (χ2n) is 5.73. The monoisotopic (exact) mass is 360 g/mol. The smallest absolute Gasteiger partial charge is 0.333 e. The standard InChI is InChI=1S/C16H11F3N6O/c1-8-10(4-3-5-20-8)25-13-9(6-21-15(23-13)16(17,18)19)12-11(14(25)26)22-7-24(12)2/h3-7H,1-2H3. The van der Waals surface area contributed by atoms with Crippen LogP contribution in [0.3, 0.4) is 0 Å². The molecule has 0 saturated heterocycles. The Balaban J connectivity index is 2.26. The minimum absolute atomic E-state index is 0.117. The summed E-state index contributed by atoms with van der Waals surface area (Å²) in [5.41, 5.74) is 0.573. The van der Waals surface area contributed by atoms with Crippen LogP contribution < -0.4 is 5.56 Å². The maximum absolute atomic E-state index is 13.1. The number of nitrogens with zero attached hydrogens (tertiary/aromatic N) is 6. The van der Waals surface area contributed by atoms with Crippen molar-refractivity contribution >= 4 is 22.1 Å². The Morgan fingerprint density at radius 1 is 1.15 bits per heavy atom. The van der Waals surface area contributed by atoms with Crippen LogP contribution in [0.5, 0.6) is 0 Å². The van der Waals surface area contributed by atoms with Gasteiger partial charge in [-0.25, -0.2) is 15.0 Å². The molecule has 4 aromatic rings. The largest absolute Gasteiger partial charge is 0.451 e. The molecule has 0 amide bonds. The topological polar surface area (TPSA) is 78.5 Å². The van der Waals surface area contributed by atoms with Gasteiger partial charge in [0.2, 0.25) is 5.82 Å². The molecular weight excluding hydrogens is 349 g/mol. The van der Waals surface area contributed by atoms with E-state index in [4.69, 9.17) is 0 Å². The van der Waals surface area contributed by atoms with Crippen molar-refractivity contribution in [3.63, 3.8) is 0 Å². The number of fused-ring (bicyclic) bond motifs is 3. The van der Waals surface area contributed by atoms with Gasteiger partial charge in [0.05, 0.1) is 28.6 Å². The van der Waals surface area contributed by atoms with Crippen molar-refractivity contribution in [2.24, 2.45) is 7.05 Å². The Morgan fingerprint density at radius 3 is 2.62 bits per heavy atom. The first-order valence-corrected chi connectivity index (χ1v) is 7.51. The van der Waals surface area contributed by atoms with Crippen molar-refractivity contribution in [2.75, 3.05) is 0 Å². The Bertz CT molecular complexity index is 1220. The summed E-state index contributed by atoms with van der Waals surface area (Å²) < 4.78 is 42.0. The molecule has 0 radical (unpaired) electrons. The van der Waals surface area contributed by atoms with Crippen LogP contribution >= 0.6 is 0 Å². The molecule has 4 rings (SSSR count). The predicted octanol–water partition coefficient (Wildman–Crippen LogP) is 2.39. The molecule has 0 bridgehead atoms. The summed E-state index contributed by atoms with van der Waals surface area (Å²) in [4.78, 5) is 28.3. The zero-order chi connectivity index (χ0) is 18.6. The number of hydrogen-bond donors (Lipinski definition) is 0. The molecule has 0 fully saturated rings. The SMILES string of the molecule is Cc1ncccc1-n1c(=O)c2ncn(C)c2c2cnc(C(F)(F)F)nc21. The van der Waals surface area contributed by atoms with Gasteiger partial charge in [-0.1, -0.05) is 0 Å². The summed E-state index contributed by atoms with van der Waals surface area (Å²) in [6, 6.07) is 3.18. The highest BCUT2D eigenvalue weighted by Crippen LogP contribution is 2.29. The van der Waals surface area contributed by atoms with Crippen LogP contribution in [0.1, 0.15) is 11.5 Å². The Hall–Kier alpha value is -3.30. The molecular formula is C16H11F3N6O. The number of hydrogen-bond acceptors (Lipinski definition) is 5. The maximum atomic E-state index is 13.1. The average Bonchev–Trinajstić information content (AvgIpc) is 2.98. The van der Waals surface area contributed by atoms with Crippen molar-refractivity contribution in [3.05, 3.63) is 52.7 Å². The third-order valence-corrected chi connectivity index (χ3v) is 4.05. The molecule has 26 heavy (non-hydrogen) atoms. The summed E-state index contributed by atoms with van der Waals surface area (Å²) in [6.07, 6.45) is -0.720. The third-order valence-electron chi connectivity index (χ3n) is 4.05. The fraction of sp³-hybridized carbons (Fsp3) is 0.188. The van der Waals surface area contributed by atoms with Gasteiger partial charge in [0.25, 0.3) is 5.56 Å². The van der Waals surface area contributed by atoms with Crippen LogP contribution in [0.15, 0.2) is 35.6 Å². The van der Waals surface area contributed by atoms with Crippen LogP contribution in [0, 0.1) is 6.92 Å². The Morgan fingerprint density at radius 2 is 1.92 bits per heavy atom. The van der Waals surface area contributed by atoms with Gasteiger partial charge in [-0.2, -0.15) is 13.2 Å². The van der Waals surface area contributed by atoms with Crippen molar-refractivity contribution in [1.82, 2.24) is 29.1 Å². The highest BCUT2D eigenvalue weighted by molar-refractivity contribution is 6.01. The zero-order valence-electron chi connectivity index (χ0n) is 13.6. The number of halogens is 3. The van der Waals surface area contributed by atoms with Gasteiger partial charge in [-0.15, -0.1) is 0 Å². The van der Waals surface area contributed by atoms with Gasteiger partial charge < -0.3 is 4.57 Å². The van der Waals surface area contributed by atoms with Gasteiger partial charge in [0, 0.05) is 19.4 Å². The van der Waals surface area contributed by atoms with E-state index in [9.17, 15) is 18.0 Å². The number of pyridine rings is 2. The minimum atomic E-state index is -4.74. The molecule has 0 N–H and O–H groups in total. The Kier molecular flexibility index (Phi) is 3.33. The summed E-state index contributed by atoms with van der Waals surface area (Å²) in [6.45, 7) is 1.65. The molecule has 0 aliphatic carbocycles. The van der Waals surface area contributed by atoms with Crippen LogP contribution in [-0.2, 0) is 13.2 Å². The van der Waals surface area contributed by atoms with Crippen molar-refractivity contribution in [3.8, 4) is 5.69 Å². The van der Waals surface area contributed by atoms with Gasteiger partial charge in [0.1, 0.15) is 0 Å². The van der Waals surface area contributed by atoms with Gasteiger partial charge in [-0.05, 0) is 19.1 Å². The van der Waals surface area contributed by atoms with Crippen molar-refractivity contribution in [2.45, 2.75) is 13.1 Å². The van der Waals surface area contributed by atoms with Crippen molar-refractivity contribution < 1.29 is 13.2 Å². The highest BCUT2D eigenvalue weighted by Gasteiger charge is 2.35. The first kappa shape index (κ1) is 16.2. The number of aromatic nitrogens is 6. The lowest BCUT2D eigenvalue weighted by Gasteiger charge is -2.14. The van der Waals surface area contributed by atoms with Gasteiger partial charge >= 0.3 is 6.18 Å². The van der Waals surface area contributed by atoms with E-state index in [2.05, 4.69) is 19.9 Å². The molecule has 0 saturated carbocycles. The molecule has 4 heterocycles. The van der Waals surface area contributed by atoms with E-state index >= 15 is 0 Å². The third kappa shape index (κ3) is 2.25. The summed E-state index contributed by atoms with van der Waals surface area (Å²) in [5, 5.41) is 0.288. The summed E-state index contributed by atoms with van der Waals surface area (Å²) in [7, 11) is 1.64. The average molecular weight is 360 g/mol. The van der Waals surface area contributed by atoms with Gasteiger partial charge in [0.15, 0.2) is 11.2 Å². The fourth-order valence-electron chi connectivity index (χ4n) is 2.89. The van der Waals surface area contributed by atoms with Crippen LogP contribution in [0.4, 0.5) is 13.2 Å². The molecule has 7 nitrogen and oxygen atoms in total. The quantitative estimate of drug-likeness (QED) is 0.521. The van der Waals surface area contributed by atoms with Crippen LogP contribution in [0.25, 0.3) is 27.8 Å². The zero-order valence-corrected chi connectivity index (χ0v) is 13.6. The van der Waals surface area contributed by atoms with E-state index in [0.717, 1.165) is 10.8 Å². The lowest BCUT2D eigenvalue weighted by molar-refractivity contribution is -0.144. The van der Waals surface area contributed by atoms with E-state index < -0.39 is 17.6 Å². The molecule has 0 aliphatic heterocycles. The second-order valence-corrected chi connectivity index (χ2v) is 5.73. The van der Waals surface area contributed by atoms with E-state index in [-0.39, 0.29) is 16.6 Å². The molecule has 0 atom stereocenters. The van der Waals surface area contributed by atoms with E-state index in [1.54, 1.807) is 30.7 Å². The Labute approximate surface area is 143 Å². The summed E-state index contributed by atoms with van der Waals surface area (Å²) in [5.74, 6) is -1.32. The number of alkyl halides is 3. The first-order valence-electron chi connectivity index (χ1n) is 7.51. The van der Waals surface area contributed by atoms with E-state index in [0.29, 0.717) is 16.9 Å². The summed E-state index contributed by atoms with van der Waals surface area (Å²) >= 11 is 0. The second kappa shape index (κ2) is 5.35. The van der Waals surface area contributed by atoms with Crippen LogP contribution in [0.2, 0.25) is 0 Å². The lowest BCUT2D eigenvalue weighted by Crippen LogP contribution is -2.23. The first-order chi connectivity index (χ1) is 12.3. The van der Waals surface area contributed by atoms with E-state index in [1.807, 2.05) is 0 Å². The van der Waals surface area contributed by atoms with Crippen molar-refractivity contribution in [1.29, 1.82) is 0 Å². The van der Waals surface area contributed by atoms with Gasteiger partial charge in [-0.3, -0.25) is 14.3 Å². The highest BCUT2D eigenvalue weighted by atomic mass is 19.4. The lowest BCUT2D eigenvalue weighted by atomic mass is 10.2. The number of aryl methyl sites for hydroxylation is 2. The molecule has 0 aliphatic rings. The minimum Gasteiger partial charge on any atom is -0.333 e. The number of rotatable bonds is 1. The number of imidazole rings is 1. The molecule has 0 spiro atoms. The molecule has 4 aromatic heterocycles. The van der Waals surface area contributed by atoms with Crippen LogP contribution in [-0.4, -0.2) is 29.1 Å². The predicted molar refractivity (Wildman–Crippen MR) is 86.9 cm³/mol. The molecule has 10 heteroatoms.